The van der Waals surface area contributed by atoms with Gasteiger partial charge in [-0.05, 0) is 47.1 Å². The van der Waals surface area contributed by atoms with Crippen molar-refractivity contribution in [2.75, 3.05) is 4.61 Å². The number of nitrogens with one attached hydrogen (secondary N) is 1. The second kappa shape index (κ2) is 8.82. The second-order valence-corrected chi connectivity index (χ2v) is 7.28. The average Bonchev–Trinajstić information content (AvgIpc) is 3.14. The number of aromatic nitrogens is 1. The molecule has 1 aromatic carbocycles. The van der Waals surface area contributed by atoms with Gasteiger partial charge in [0, 0.05) is 17.5 Å². The smallest absolute Gasteiger partial charge is 0.534 e. The van der Waals surface area contributed by atoms with Crippen molar-refractivity contribution in [1.82, 2.24) is 10.3 Å². The highest BCUT2D eigenvalue weighted by Gasteiger charge is 2.37. The molecule has 136 valence electrons. The van der Waals surface area contributed by atoms with Crippen molar-refractivity contribution in [3.8, 4) is 5.75 Å². The van der Waals surface area contributed by atoms with E-state index in [0.29, 0.717) is 25.0 Å². The fourth-order valence-corrected chi connectivity index (χ4v) is 3.60. The molecule has 2 heterocycles. The monoisotopic (exact) mass is 486 g/mol. The Bertz CT molecular complexity index is 789. The number of hydrogen-bond acceptors (Lipinski definition) is 7. The van der Waals surface area contributed by atoms with Crippen LogP contribution in [0.3, 0.4) is 0 Å². The van der Waals surface area contributed by atoms with Crippen LogP contribution in [0.25, 0.3) is 0 Å². The van der Waals surface area contributed by atoms with Gasteiger partial charge < -0.3 is 19.7 Å². The largest absolute Gasteiger partial charge is 0.547 e. The molecular formula is C16H16BIN2O5S. The Labute approximate surface area is 168 Å². The molecule has 26 heavy (non-hydrogen) atoms. The molecule has 0 unspecified atom stereocenters. The molecule has 0 saturated heterocycles. The number of thiazole rings is 1. The van der Waals surface area contributed by atoms with Crippen LogP contribution >= 0.6 is 33.9 Å². The van der Waals surface area contributed by atoms with Crippen molar-refractivity contribution in [1.29, 1.82) is 0 Å². The van der Waals surface area contributed by atoms with Crippen LogP contribution < -0.4 is 9.97 Å². The van der Waals surface area contributed by atoms with E-state index in [-0.39, 0.29) is 16.1 Å². The van der Waals surface area contributed by atoms with Crippen LogP contribution in [0.15, 0.2) is 29.9 Å². The molecule has 10 heteroatoms. The fraction of sp³-hybridized carbons (Fsp3) is 0.312. The van der Waals surface area contributed by atoms with E-state index in [9.17, 15) is 14.6 Å². The number of halogens is 1. The number of para-hydroxylation sites is 1. The molecule has 2 N–H and O–H groups in total. The van der Waals surface area contributed by atoms with Crippen LogP contribution in [0.5, 0.6) is 5.75 Å². The summed E-state index contributed by atoms with van der Waals surface area (Å²) in [6.45, 7) is 0. The fourth-order valence-electron chi connectivity index (χ4n) is 2.72. The van der Waals surface area contributed by atoms with E-state index in [4.69, 9.17) is 9.39 Å². The van der Waals surface area contributed by atoms with E-state index in [1.807, 2.05) is 22.6 Å². The third kappa shape index (κ3) is 4.54. The van der Waals surface area contributed by atoms with Crippen LogP contribution in [-0.4, -0.2) is 39.6 Å². The highest BCUT2D eigenvalue weighted by Crippen LogP contribution is 2.30. The predicted molar refractivity (Wildman–Crippen MR) is 105 cm³/mol. The molecule has 0 radical (unpaired) electrons. The van der Waals surface area contributed by atoms with Gasteiger partial charge in [-0.25, -0.2) is 4.79 Å². The van der Waals surface area contributed by atoms with Gasteiger partial charge in [-0.15, -0.1) is 11.3 Å². The van der Waals surface area contributed by atoms with Crippen molar-refractivity contribution < 1.29 is 24.0 Å². The Morgan fingerprint density at radius 1 is 1.50 bits per heavy atom. The van der Waals surface area contributed by atoms with Gasteiger partial charge in [0.15, 0.2) is 0 Å². The predicted octanol–water partition coefficient (Wildman–Crippen LogP) is 1.76. The van der Waals surface area contributed by atoms with Crippen molar-refractivity contribution in [2.24, 2.45) is 0 Å². The number of rotatable bonds is 6. The van der Waals surface area contributed by atoms with Crippen LogP contribution in [-0.2, 0) is 22.4 Å². The summed E-state index contributed by atoms with van der Waals surface area (Å²) in [6.07, 6.45) is 3.01. The lowest BCUT2D eigenvalue weighted by Gasteiger charge is -2.29. The number of ether oxygens (including phenoxy) is 1. The Balaban J connectivity index is 1.65. The lowest BCUT2D eigenvalue weighted by molar-refractivity contribution is -0.121. The number of hydrogen-bond donors (Lipinski definition) is 2. The normalized spacial score (nSPS) is 15.8. The quantitative estimate of drug-likeness (QED) is 0.280. The first-order chi connectivity index (χ1) is 12.6. The highest BCUT2D eigenvalue weighted by atomic mass is 127. The van der Waals surface area contributed by atoms with Gasteiger partial charge in [0.1, 0.15) is 15.9 Å². The minimum Gasteiger partial charge on any atom is -0.534 e. The lowest BCUT2D eigenvalue weighted by Crippen LogP contribution is -2.53. The molecule has 1 amide bonds. The molecule has 3 rings (SSSR count). The maximum Gasteiger partial charge on any atom is 0.547 e. The molecule has 1 aliphatic rings. The number of benzene rings is 1. The second-order valence-electron chi connectivity index (χ2n) is 5.69. The minimum atomic E-state index is -1.23. The van der Waals surface area contributed by atoms with Crippen molar-refractivity contribution in [3.05, 3.63) is 45.9 Å². The number of esters is 1. The summed E-state index contributed by atoms with van der Waals surface area (Å²) >= 11 is 3.43. The zero-order chi connectivity index (χ0) is 18.5. The molecule has 0 saturated carbocycles. The van der Waals surface area contributed by atoms with Crippen molar-refractivity contribution in [2.45, 2.75) is 25.2 Å². The Morgan fingerprint density at radius 3 is 3.08 bits per heavy atom. The Kier molecular flexibility index (Phi) is 6.49. The molecule has 0 spiro atoms. The maximum absolute atomic E-state index is 12.2. The highest BCUT2D eigenvalue weighted by molar-refractivity contribution is 14.1. The molecule has 1 aromatic heterocycles. The van der Waals surface area contributed by atoms with Crippen LogP contribution in [0.1, 0.15) is 27.2 Å². The van der Waals surface area contributed by atoms with Crippen molar-refractivity contribution >= 4 is 52.9 Å². The molecule has 0 bridgehead atoms. The third-order valence-corrected chi connectivity index (χ3v) is 5.10. The van der Waals surface area contributed by atoms with Gasteiger partial charge in [-0.3, -0.25) is 9.78 Å². The van der Waals surface area contributed by atoms with E-state index < -0.39 is 19.0 Å². The SMILES string of the molecule is O=C(CCc1cncs1)N[C@H]1Cc2cccc(C(=O)OCI)c2OB1O. The van der Waals surface area contributed by atoms with E-state index in [2.05, 4.69) is 10.3 Å². The number of amides is 1. The summed E-state index contributed by atoms with van der Waals surface area (Å²) in [4.78, 5) is 29.2. The topological polar surface area (TPSA) is 97.8 Å². The number of fused-ring (bicyclic) bond motifs is 1. The zero-order valence-electron chi connectivity index (χ0n) is 13.7. The first-order valence-electron chi connectivity index (χ1n) is 7.95. The number of nitrogens with zero attached hydrogens (tertiary/aromatic N) is 1. The zero-order valence-corrected chi connectivity index (χ0v) is 16.7. The van der Waals surface area contributed by atoms with E-state index in [1.54, 1.807) is 29.9 Å². The first-order valence-corrected chi connectivity index (χ1v) is 10.4. The lowest BCUT2D eigenvalue weighted by atomic mass is 9.72. The number of aryl methyl sites for hydroxylation is 1. The van der Waals surface area contributed by atoms with Gasteiger partial charge in [-0.2, -0.15) is 0 Å². The number of carbonyl (C=O) groups is 2. The standard InChI is InChI=1S/C16H16BIN2O5S/c18-8-24-16(22)12-3-1-2-10-6-13(17(23)25-15(10)12)20-14(21)5-4-11-7-19-9-26-11/h1-3,7,9,13,23H,4-6,8H2,(H,20,21)/t13-/m0/s1. The first kappa shape index (κ1) is 19.1. The Morgan fingerprint density at radius 2 is 2.35 bits per heavy atom. The van der Waals surface area contributed by atoms with Crippen LogP contribution in [0.4, 0.5) is 0 Å². The molecule has 1 aliphatic heterocycles. The van der Waals surface area contributed by atoms with Gasteiger partial charge in [0.05, 0.1) is 11.5 Å². The van der Waals surface area contributed by atoms with Gasteiger partial charge >= 0.3 is 13.1 Å². The van der Waals surface area contributed by atoms with E-state index in [1.165, 1.54) is 11.3 Å². The van der Waals surface area contributed by atoms with E-state index in [0.717, 1.165) is 10.4 Å². The van der Waals surface area contributed by atoms with Crippen molar-refractivity contribution in [3.63, 3.8) is 0 Å². The maximum atomic E-state index is 12.2. The minimum absolute atomic E-state index is 0.171. The van der Waals surface area contributed by atoms with Gasteiger partial charge in [0.25, 0.3) is 0 Å². The van der Waals surface area contributed by atoms with Gasteiger partial charge in [0.2, 0.25) is 5.91 Å². The summed E-state index contributed by atoms with van der Waals surface area (Å²) in [5, 5.41) is 13.1. The van der Waals surface area contributed by atoms with E-state index >= 15 is 0 Å². The van der Waals surface area contributed by atoms with Crippen LogP contribution in [0, 0.1) is 0 Å². The van der Waals surface area contributed by atoms with Gasteiger partial charge in [-0.1, -0.05) is 12.1 Å². The molecule has 0 aliphatic carbocycles. The summed E-state index contributed by atoms with van der Waals surface area (Å²) in [5.74, 6) is -0.942. The molecular weight excluding hydrogens is 470 g/mol. The number of alkyl halides is 1. The molecule has 0 fully saturated rings. The molecule has 1 atom stereocenters. The van der Waals surface area contributed by atoms with Crippen LogP contribution in [0.2, 0.25) is 0 Å². The Hall–Kier alpha value is -1.66. The average molecular weight is 486 g/mol. The summed E-state index contributed by atoms with van der Waals surface area (Å²) in [5.41, 5.74) is 2.74. The summed E-state index contributed by atoms with van der Waals surface area (Å²) in [6, 6.07) is 5.12. The summed E-state index contributed by atoms with van der Waals surface area (Å²) < 4.78 is 10.7. The third-order valence-electron chi connectivity index (χ3n) is 3.95. The number of carbonyl (C=O) groups excluding carboxylic acids is 2. The molecule has 7 nitrogen and oxygen atoms in total. The molecule has 2 aromatic rings. The summed E-state index contributed by atoms with van der Waals surface area (Å²) in [7, 11) is -1.23.